The Bertz CT molecular complexity index is 1080. The van der Waals surface area contributed by atoms with Crippen LogP contribution in [0.3, 0.4) is 0 Å². The number of hydrogen-bond acceptors (Lipinski definition) is 3. The number of rotatable bonds is 3. The number of fused-ring (bicyclic) bond motifs is 1. The van der Waals surface area contributed by atoms with Gasteiger partial charge in [0.1, 0.15) is 11.9 Å². The van der Waals surface area contributed by atoms with E-state index in [2.05, 4.69) is 77.4 Å². The van der Waals surface area contributed by atoms with Crippen LogP contribution in [0.2, 0.25) is 0 Å². The highest BCUT2D eigenvalue weighted by Gasteiger charge is 2.19. The van der Waals surface area contributed by atoms with Crippen molar-refractivity contribution < 1.29 is 21.5 Å². The van der Waals surface area contributed by atoms with Gasteiger partial charge in [0.2, 0.25) is 0 Å². The van der Waals surface area contributed by atoms with E-state index in [0.29, 0.717) is 0 Å². The summed E-state index contributed by atoms with van der Waals surface area (Å²) in [5.74, 6) is 0. The molecule has 0 aliphatic heterocycles. The van der Waals surface area contributed by atoms with Crippen molar-refractivity contribution in [2.75, 3.05) is 0 Å². The molecule has 0 saturated carbocycles. The maximum Gasteiger partial charge on any atom is 0.408 e. The Labute approximate surface area is 167 Å². The monoisotopic (exact) mass is 426 g/mol. The van der Waals surface area contributed by atoms with Gasteiger partial charge in [-0.15, -0.1) is 0 Å². The minimum Gasteiger partial charge on any atom is -1.00 e. The topological polar surface area (TPSA) is 33.5 Å². The second-order valence-corrected chi connectivity index (χ2v) is 7.29. The van der Waals surface area contributed by atoms with Gasteiger partial charge in [-0.25, -0.2) is 4.57 Å². The molecule has 4 rings (SSSR count). The first-order chi connectivity index (χ1) is 12.1. The standard InChI is InChI=1S/C20H19N4S.BrH/c1-14-13-23(2)20(25-14)22-21-18-16-11-7-8-12-17(16)24(3)19(18)15-9-5-4-6-10-15;/h4-13H,1-3H3;1H/q+1;/p-1. The van der Waals surface area contributed by atoms with Crippen molar-refractivity contribution in [1.82, 2.24) is 4.57 Å². The second kappa shape index (κ2) is 7.51. The van der Waals surface area contributed by atoms with Gasteiger partial charge in [0, 0.05) is 22.9 Å². The fraction of sp³-hybridized carbons (Fsp3) is 0.150. The predicted octanol–water partition coefficient (Wildman–Crippen LogP) is 2.46. The first-order valence-electron chi connectivity index (χ1n) is 8.16. The zero-order valence-corrected chi connectivity index (χ0v) is 17.3. The molecule has 0 bridgehead atoms. The van der Waals surface area contributed by atoms with Crippen LogP contribution in [0.4, 0.5) is 10.8 Å². The number of aromatic nitrogens is 2. The molecule has 0 atom stereocenters. The molecule has 2 heterocycles. The number of aryl methyl sites for hydroxylation is 3. The first-order valence-corrected chi connectivity index (χ1v) is 8.97. The number of hydrogen-bond donors (Lipinski definition) is 0. The van der Waals surface area contributed by atoms with Crippen molar-refractivity contribution >= 4 is 33.1 Å². The molecule has 2 aromatic heterocycles. The SMILES string of the molecule is Cc1c[n+](C)c(N=Nc2c(-c3ccccc3)n(C)c3ccccc23)s1.[Br-]. The van der Waals surface area contributed by atoms with Crippen molar-refractivity contribution in [3.05, 3.63) is 65.7 Å². The highest BCUT2D eigenvalue weighted by Crippen LogP contribution is 2.40. The Morgan fingerprint density at radius 1 is 0.962 bits per heavy atom. The molecule has 0 aliphatic rings. The third kappa shape index (κ3) is 3.22. The summed E-state index contributed by atoms with van der Waals surface area (Å²) < 4.78 is 4.20. The largest absolute Gasteiger partial charge is 1.00 e. The van der Waals surface area contributed by atoms with Gasteiger partial charge in [-0.05, 0) is 29.4 Å². The first kappa shape index (κ1) is 18.5. The van der Waals surface area contributed by atoms with E-state index >= 15 is 0 Å². The molecule has 132 valence electrons. The maximum absolute atomic E-state index is 4.67. The van der Waals surface area contributed by atoms with Crippen molar-refractivity contribution in [3.63, 3.8) is 0 Å². The molecule has 0 radical (unpaired) electrons. The van der Waals surface area contributed by atoms with Gasteiger partial charge in [-0.1, -0.05) is 48.5 Å². The summed E-state index contributed by atoms with van der Waals surface area (Å²) >= 11 is 1.64. The molecule has 4 nitrogen and oxygen atoms in total. The van der Waals surface area contributed by atoms with E-state index in [1.54, 1.807) is 11.3 Å². The molecule has 0 spiro atoms. The predicted molar refractivity (Wildman–Crippen MR) is 103 cm³/mol. The van der Waals surface area contributed by atoms with Gasteiger partial charge in [-0.3, -0.25) is 0 Å². The van der Waals surface area contributed by atoms with E-state index in [0.717, 1.165) is 33.0 Å². The third-order valence-corrected chi connectivity index (χ3v) is 5.27. The smallest absolute Gasteiger partial charge is 0.408 e. The van der Waals surface area contributed by atoms with Crippen molar-refractivity contribution in [1.29, 1.82) is 0 Å². The number of benzene rings is 2. The molecule has 4 aromatic rings. The van der Waals surface area contributed by atoms with Crippen LogP contribution in [0.15, 0.2) is 71.0 Å². The molecule has 0 aliphatic carbocycles. The lowest BCUT2D eigenvalue weighted by Crippen LogP contribution is -3.00. The summed E-state index contributed by atoms with van der Waals surface area (Å²) in [6, 6.07) is 18.7. The Kier molecular flexibility index (Phi) is 5.34. The Morgan fingerprint density at radius 3 is 2.35 bits per heavy atom. The molecule has 0 fully saturated rings. The van der Waals surface area contributed by atoms with Crippen LogP contribution in [0.25, 0.3) is 22.2 Å². The molecular weight excluding hydrogens is 408 g/mol. The highest BCUT2D eigenvalue weighted by atomic mass is 79.9. The van der Waals surface area contributed by atoms with Gasteiger partial charge >= 0.3 is 5.13 Å². The van der Waals surface area contributed by atoms with E-state index < -0.39 is 0 Å². The molecule has 0 unspecified atom stereocenters. The van der Waals surface area contributed by atoms with Crippen LogP contribution in [0.1, 0.15) is 4.88 Å². The molecule has 2 aromatic carbocycles. The van der Waals surface area contributed by atoms with Gasteiger partial charge in [0.15, 0.2) is 0 Å². The minimum absolute atomic E-state index is 0. The zero-order chi connectivity index (χ0) is 17.4. The summed E-state index contributed by atoms with van der Waals surface area (Å²) in [6.07, 6.45) is 2.07. The fourth-order valence-electron chi connectivity index (χ4n) is 3.15. The Hall–Kier alpha value is -2.31. The quantitative estimate of drug-likeness (QED) is 0.356. The third-order valence-electron chi connectivity index (χ3n) is 4.29. The van der Waals surface area contributed by atoms with Gasteiger partial charge in [0.25, 0.3) is 0 Å². The molecule has 6 heteroatoms. The van der Waals surface area contributed by atoms with E-state index in [4.69, 9.17) is 0 Å². The number of para-hydroxylation sites is 1. The molecule has 0 N–H and O–H groups in total. The summed E-state index contributed by atoms with van der Waals surface area (Å²) in [5.41, 5.74) is 4.29. The second-order valence-electron chi connectivity index (χ2n) is 6.07. The fourth-order valence-corrected chi connectivity index (χ4v) is 3.93. The zero-order valence-electron chi connectivity index (χ0n) is 14.8. The lowest BCUT2D eigenvalue weighted by molar-refractivity contribution is -0.654. The van der Waals surface area contributed by atoms with Crippen LogP contribution < -0.4 is 21.5 Å². The number of azo groups is 1. The maximum atomic E-state index is 4.67. The summed E-state index contributed by atoms with van der Waals surface area (Å²) in [5, 5.41) is 11.2. The highest BCUT2D eigenvalue weighted by molar-refractivity contribution is 7.14. The average molecular weight is 427 g/mol. The molecule has 0 amide bonds. The molecule has 0 saturated heterocycles. The lowest BCUT2D eigenvalue weighted by Gasteiger charge is -2.04. The normalized spacial score (nSPS) is 11.2. The van der Waals surface area contributed by atoms with E-state index in [9.17, 15) is 0 Å². The Balaban J connectivity index is 0.00000196. The lowest BCUT2D eigenvalue weighted by atomic mass is 10.1. The van der Waals surface area contributed by atoms with Crippen molar-refractivity contribution in [3.8, 4) is 11.3 Å². The van der Waals surface area contributed by atoms with Gasteiger partial charge < -0.3 is 21.5 Å². The average Bonchev–Trinajstić information content (AvgIpc) is 3.10. The molecular formula is C20H19BrN4S. The van der Waals surface area contributed by atoms with Crippen LogP contribution >= 0.6 is 11.3 Å². The van der Waals surface area contributed by atoms with E-state index in [1.165, 1.54) is 4.88 Å². The van der Waals surface area contributed by atoms with Crippen LogP contribution in [0, 0.1) is 6.92 Å². The number of nitrogens with zero attached hydrogens (tertiary/aromatic N) is 4. The number of thiazole rings is 1. The molecule has 26 heavy (non-hydrogen) atoms. The van der Waals surface area contributed by atoms with Crippen LogP contribution in [-0.2, 0) is 14.1 Å². The van der Waals surface area contributed by atoms with Crippen LogP contribution in [0.5, 0.6) is 0 Å². The van der Waals surface area contributed by atoms with Crippen molar-refractivity contribution in [2.45, 2.75) is 6.92 Å². The van der Waals surface area contributed by atoms with E-state index in [1.807, 2.05) is 23.7 Å². The minimum atomic E-state index is 0. The van der Waals surface area contributed by atoms with Gasteiger partial charge in [0.05, 0.1) is 23.4 Å². The summed E-state index contributed by atoms with van der Waals surface area (Å²) in [7, 11) is 4.08. The summed E-state index contributed by atoms with van der Waals surface area (Å²) in [4.78, 5) is 1.22. The Morgan fingerprint density at radius 2 is 1.65 bits per heavy atom. The van der Waals surface area contributed by atoms with E-state index in [-0.39, 0.29) is 17.0 Å². The van der Waals surface area contributed by atoms with Crippen LogP contribution in [-0.4, -0.2) is 4.57 Å². The van der Waals surface area contributed by atoms with Crippen molar-refractivity contribution in [2.24, 2.45) is 24.3 Å². The number of halogens is 1. The van der Waals surface area contributed by atoms with Gasteiger partial charge in [-0.2, -0.15) is 0 Å². The summed E-state index contributed by atoms with van der Waals surface area (Å²) in [6.45, 7) is 2.08.